The standard InChI is InChI=1S/C10H13F2NOS/c11-2-1-3-13-5-9(6-13)14-10-4-8(12)7-15-10/h4,7,9H,1-3,5-6H2. The van der Waals surface area contributed by atoms with Gasteiger partial charge in [0.1, 0.15) is 11.9 Å². The summed E-state index contributed by atoms with van der Waals surface area (Å²) in [7, 11) is 0. The molecule has 2 nitrogen and oxygen atoms in total. The second kappa shape index (κ2) is 4.90. The van der Waals surface area contributed by atoms with E-state index in [0.29, 0.717) is 11.5 Å². The van der Waals surface area contributed by atoms with Gasteiger partial charge in [-0.25, -0.2) is 4.39 Å². The van der Waals surface area contributed by atoms with E-state index in [1.807, 2.05) is 0 Å². The van der Waals surface area contributed by atoms with Crippen molar-refractivity contribution < 1.29 is 13.5 Å². The van der Waals surface area contributed by atoms with E-state index in [4.69, 9.17) is 4.74 Å². The van der Waals surface area contributed by atoms with Gasteiger partial charge in [-0.2, -0.15) is 0 Å². The van der Waals surface area contributed by atoms with Gasteiger partial charge in [0.25, 0.3) is 0 Å². The average Bonchev–Trinajstić information content (AvgIpc) is 2.55. The van der Waals surface area contributed by atoms with Crippen LogP contribution in [0.4, 0.5) is 8.78 Å². The van der Waals surface area contributed by atoms with Gasteiger partial charge in [0.05, 0.1) is 6.67 Å². The molecule has 1 saturated heterocycles. The number of ether oxygens (including phenoxy) is 1. The lowest BCUT2D eigenvalue weighted by atomic mass is 10.1. The zero-order valence-electron chi connectivity index (χ0n) is 8.29. The van der Waals surface area contributed by atoms with E-state index in [-0.39, 0.29) is 18.6 Å². The Morgan fingerprint density at radius 1 is 1.53 bits per heavy atom. The SMILES string of the molecule is FCCCN1CC(Oc2cc(F)cs2)C1. The fourth-order valence-corrected chi connectivity index (χ4v) is 2.25. The molecule has 0 amide bonds. The summed E-state index contributed by atoms with van der Waals surface area (Å²) in [5, 5.41) is 2.05. The summed E-state index contributed by atoms with van der Waals surface area (Å²) in [6, 6.07) is 1.40. The Labute approximate surface area is 91.5 Å². The molecule has 1 aliphatic heterocycles. The lowest BCUT2D eigenvalue weighted by Gasteiger charge is -2.38. The molecule has 15 heavy (non-hydrogen) atoms. The summed E-state index contributed by atoms with van der Waals surface area (Å²) >= 11 is 1.27. The fraction of sp³-hybridized carbons (Fsp3) is 0.600. The zero-order valence-corrected chi connectivity index (χ0v) is 9.10. The van der Waals surface area contributed by atoms with Crippen molar-refractivity contribution in [1.29, 1.82) is 0 Å². The van der Waals surface area contributed by atoms with Gasteiger partial charge in [-0.05, 0) is 6.42 Å². The van der Waals surface area contributed by atoms with Crippen LogP contribution in [0.3, 0.4) is 0 Å². The molecule has 1 aromatic heterocycles. The van der Waals surface area contributed by atoms with Crippen molar-refractivity contribution in [3.63, 3.8) is 0 Å². The summed E-state index contributed by atoms with van der Waals surface area (Å²) < 4.78 is 30.0. The molecule has 0 atom stereocenters. The molecule has 0 bridgehead atoms. The van der Waals surface area contributed by atoms with Gasteiger partial charge >= 0.3 is 0 Å². The first-order chi connectivity index (χ1) is 7.28. The van der Waals surface area contributed by atoms with Crippen molar-refractivity contribution in [1.82, 2.24) is 4.90 Å². The second-order valence-corrected chi connectivity index (χ2v) is 4.50. The van der Waals surface area contributed by atoms with Crippen molar-refractivity contribution in [3.8, 4) is 5.06 Å². The molecule has 0 unspecified atom stereocenters. The van der Waals surface area contributed by atoms with E-state index in [1.165, 1.54) is 22.8 Å². The first-order valence-corrected chi connectivity index (χ1v) is 5.85. The van der Waals surface area contributed by atoms with Crippen LogP contribution < -0.4 is 4.74 Å². The maximum Gasteiger partial charge on any atom is 0.177 e. The minimum absolute atomic E-state index is 0.141. The number of likely N-dealkylation sites (tertiary alicyclic amines) is 1. The van der Waals surface area contributed by atoms with Crippen LogP contribution in [0.25, 0.3) is 0 Å². The Morgan fingerprint density at radius 2 is 2.33 bits per heavy atom. The first kappa shape index (κ1) is 10.8. The minimum atomic E-state index is -0.266. The van der Waals surface area contributed by atoms with E-state index < -0.39 is 0 Å². The maximum absolute atomic E-state index is 12.6. The molecule has 1 aliphatic rings. The van der Waals surface area contributed by atoms with Crippen LogP contribution in [-0.4, -0.2) is 37.3 Å². The van der Waals surface area contributed by atoms with Gasteiger partial charge in [-0.3, -0.25) is 9.29 Å². The predicted octanol–water partition coefficient (Wildman–Crippen LogP) is 2.31. The lowest BCUT2D eigenvalue weighted by Crippen LogP contribution is -2.53. The zero-order chi connectivity index (χ0) is 10.7. The highest BCUT2D eigenvalue weighted by molar-refractivity contribution is 7.11. The molecule has 0 spiro atoms. The summed E-state index contributed by atoms with van der Waals surface area (Å²) in [4.78, 5) is 2.13. The normalized spacial score (nSPS) is 17.7. The number of thiophene rings is 1. The average molecular weight is 233 g/mol. The van der Waals surface area contributed by atoms with Crippen LogP contribution in [0.2, 0.25) is 0 Å². The summed E-state index contributed by atoms with van der Waals surface area (Å²) in [5.74, 6) is -0.247. The topological polar surface area (TPSA) is 12.5 Å². The van der Waals surface area contributed by atoms with E-state index in [0.717, 1.165) is 19.6 Å². The molecule has 1 aromatic rings. The molecule has 5 heteroatoms. The highest BCUT2D eigenvalue weighted by atomic mass is 32.1. The Bertz CT molecular complexity index is 312. The number of nitrogens with zero attached hydrogens (tertiary/aromatic N) is 1. The van der Waals surface area contributed by atoms with Crippen LogP contribution in [-0.2, 0) is 0 Å². The lowest BCUT2D eigenvalue weighted by molar-refractivity contribution is 0.0207. The Kier molecular flexibility index (Phi) is 3.53. The number of hydrogen-bond donors (Lipinski definition) is 0. The largest absolute Gasteiger partial charge is 0.478 e. The molecule has 0 saturated carbocycles. The smallest absolute Gasteiger partial charge is 0.177 e. The molecule has 1 fully saturated rings. The molecule has 0 N–H and O–H groups in total. The Balaban J connectivity index is 1.67. The van der Waals surface area contributed by atoms with Gasteiger partial charge in [0, 0.05) is 31.1 Å². The molecule has 2 heterocycles. The molecule has 0 aromatic carbocycles. The van der Waals surface area contributed by atoms with Gasteiger partial charge in [0.2, 0.25) is 0 Å². The molecule has 2 rings (SSSR count). The van der Waals surface area contributed by atoms with Crippen LogP contribution in [0.5, 0.6) is 5.06 Å². The number of halogens is 2. The van der Waals surface area contributed by atoms with Gasteiger partial charge in [-0.15, -0.1) is 11.3 Å². The quantitative estimate of drug-likeness (QED) is 0.773. The van der Waals surface area contributed by atoms with Crippen LogP contribution in [0.1, 0.15) is 6.42 Å². The monoisotopic (exact) mass is 233 g/mol. The van der Waals surface area contributed by atoms with E-state index in [2.05, 4.69) is 4.90 Å². The van der Waals surface area contributed by atoms with E-state index in [9.17, 15) is 8.78 Å². The molecular weight excluding hydrogens is 220 g/mol. The summed E-state index contributed by atoms with van der Waals surface area (Å²) in [5.41, 5.74) is 0. The van der Waals surface area contributed by atoms with Crippen LogP contribution >= 0.6 is 11.3 Å². The van der Waals surface area contributed by atoms with Crippen LogP contribution in [0, 0.1) is 5.82 Å². The van der Waals surface area contributed by atoms with Crippen molar-refractivity contribution in [3.05, 3.63) is 17.3 Å². The highest BCUT2D eigenvalue weighted by Crippen LogP contribution is 2.25. The van der Waals surface area contributed by atoms with Crippen molar-refractivity contribution in [2.75, 3.05) is 26.3 Å². The molecule has 0 aliphatic carbocycles. The van der Waals surface area contributed by atoms with Gasteiger partial charge in [-0.1, -0.05) is 0 Å². The highest BCUT2D eigenvalue weighted by Gasteiger charge is 2.28. The number of hydrogen-bond acceptors (Lipinski definition) is 3. The second-order valence-electron chi connectivity index (χ2n) is 3.63. The maximum atomic E-state index is 12.6. The first-order valence-electron chi connectivity index (χ1n) is 4.97. The third-order valence-electron chi connectivity index (χ3n) is 2.36. The van der Waals surface area contributed by atoms with Crippen molar-refractivity contribution in [2.45, 2.75) is 12.5 Å². The number of alkyl halides is 1. The van der Waals surface area contributed by atoms with E-state index in [1.54, 1.807) is 0 Å². The Hall–Kier alpha value is -0.680. The molecule has 84 valence electrons. The third kappa shape index (κ3) is 2.89. The van der Waals surface area contributed by atoms with Crippen LogP contribution in [0.15, 0.2) is 11.4 Å². The minimum Gasteiger partial charge on any atom is -0.478 e. The van der Waals surface area contributed by atoms with Gasteiger partial charge in [0.15, 0.2) is 5.06 Å². The Morgan fingerprint density at radius 3 is 2.93 bits per heavy atom. The third-order valence-corrected chi connectivity index (χ3v) is 3.15. The summed E-state index contributed by atoms with van der Waals surface area (Å²) in [6.45, 7) is 2.16. The van der Waals surface area contributed by atoms with Crippen molar-refractivity contribution >= 4 is 11.3 Å². The molecular formula is C10H13F2NOS. The van der Waals surface area contributed by atoms with Crippen molar-refractivity contribution in [2.24, 2.45) is 0 Å². The number of rotatable bonds is 5. The predicted molar refractivity (Wildman–Crippen MR) is 55.7 cm³/mol. The van der Waals surface area contributed by atoms with E-state index >= 15 is 0 Å². The fourth-order valence-electron chi connectivity index (χ4n) is 1.58. The molecule has 0 radical (unpaired) electrons. The summed E-state index contributed by atoms with van der Waals surface area (Å²) in [6.07, 6.45) is 0.725. The van der Waals surface area contributed by atoms with Gasteiger partial charge < -0.3 is 4.74 Å².